The van der Waals surface area contributed by atoms with E-state index in [2.05, 4.69) is 31.9 Å². The van der Waals surface area contributed by atoms with Crippen LogP contribution in [0.15, 0.2) is 124 Å². The summed E-state index contributed by atoms with van der Waals surface area (Å²) >= 11 is 4.85. The molecule has 0 bridgehead atoms. The third kappa shape index (κ3) is 8.43. The number of hydrogen-bond acceptors (Lipinski definition) is 4. The van der Waals surface area contributed by atoms with Gasteiger partial charge in [0.1, 0.15) is 5.70 Å². The number of nitrogens with one attached hydrogen (secondary N) is 3. The maximum absolute atomic E-state index is 13.2. The molecule has 0 saturated heterocycles. The van der Waals surface area contributed by atoms with E-state index in [1.807, 2.05) is 79.7 Å². The third-order valence-electron chi connectivity index (χ3n) is 5.52. The summed E-state index contributed by atoms with van der Waals surface area (Å²) in [6.45, 7) is 1.84. The normalized spacial score (nSPS) is 11.8. The largest absolute Gasteiger partial charge is 0.325 e. The molecular formula is C31H26BrN3O3S. The smallest absolute Gasteiger partial charge is 0.272 e. The van der Waals surface area contributed by atoms with Crippen LogP contribution in [-0.4, -0.2) is 23.0 Å². The second kappa shape index (κ2) is 13.6. The second-order valence-corrected chi connectivity index (χ2v) is 10.9. The van der Waals surface area contributed by atoms with Gasteiger partial charge < -0.3 is 16.0 Å². The quantitative estimate of drug-likeness (QED) is 0.143. The van der Waals surface area contributed by atoms with Crippen LogP contribution < -0.4 is 16.0 Å². The zero-order valence-electron chi connectivity index (χ0n) is 21.1. The van der Waals surface area contributed by atoms with Crippen LogP contribution in [-0.2, 0) is 9.59 Å². The number of carbonyl (C=O) groups is 3. The van der Waals surface area contributed by atoms with E-state index in [0.29, 0.717) is 11.3 Å². The van der Waals surface area contributed by atoms with Crippen LogP contribution in [0.2, 0.25) is 0 Å². The minimum atomic E-state index is -0.463. The van der Waals surface area contributed by atoms with Gasteiger partial charge in [-0.3, -0.25) is 14.4 Å². The van der Waals surface area contributed by atoms with Gasteiger partial charge in [-0.2, -0.15) is 0 Å². The molecule has 196 valence electrons. The maximum atomic E-state index is 13.2. The molecule has 0 heterocycles. The third-order valence-corrected chi connectivity index (χ3v) is 7.13. The van der Waals surface area contributed by atoms with Crippen molar-refractivity contribution in [2.45, 2.75) is 17.1 Å². The highest BCUT2D eigenvalue weighted by molar-refractivity contribution is 9.10. The Morgan fingerprint density at radius 3 is 2.08 bits per heavy atom. The first-order valence-corrected chi connectivity index (χ1v) is 13.8. The number of carbonyl (C=O) groups excluding carboxylic acids is 3. The van der Waals surface area contributed by atoms with E-state index in [1.165, 1.54) is 11.8 Å². The van der Waals surface area contributed by atoms with Crippen molar-refractivity contribution >= 4 is 62.9 Å². The molecule has 0 radical (unpaired) electrons. The molecule has 0 aliphatic carbocycles. The number of rotatable bonds is 9. The van der Waals surface area contributed by atoms with Crippen molar-refractivity contribution in [3.8, 4) is 0 Å². The summed E-state index contributed by atoms with van der Waals surface area (Å²) in [5.41, 5.74) is 2.60. The van der Waals surface area contributed by atoms with Crippen LogP contribution >= 0.6 is 27.7 Å². The molecule has 4 rings (SSSR count). The van der Waals surface area contributed by atoms with Crippen molar-refractivity contribution in [1.29, 1.82) is 0 Å². The van der Waals surface area contributed by atoms with Gasteiger partial charge in [0.05, 0.1) is 5.25 Å². The van der Waals surface area contributed by atoms with Crippen molar-refractivity contribution in [2.75, 3.05) is 10.6 Å². The number of benzene rings is 4. The molecule has 1 atom stereocenters. The van der Waals surface area contributed by atoms with Gasteiger partial charge in [0.25, 0.3) is 11.8 Å². The van der Waals surface area contributed by atoms with Gasteiger partial charge in [-0.25, -0.2) is 0 Å². The minimum Gasteiger partial charge on any atom is -0.325 e. The van der Waals surface area contributed by atoms with Crippen molar-refractivity contribution in [3.63, 3.8) is 0 Å². The summed E-state index contributed by atoms with van der Waals surface area (Å²) in [4.78, 5) is 39.5. The van der Waals surface area contributed by atoms with E-state index in [0.717, 1.165) is 20.6 Å². The topological polar surface area (TPSA) is 87.3 Å². The zero-order chi connectivity index (χ0) is 27.6. The number of hydrogen-bond donors (Lipinski definition) is 3. The molecular weight excluding hydrogens is 574 g/mol. The zero-order valence-corrected chi connectivity index (χ0v) is 23.5. The molecule has 1 unspecified atom stereocenters. The first-order chi connectivity index (χ1) is 18.9. The molecule has 6 nitrogen and oxygen atoms in total. The van der Waals surface area contributed by atoms with Crippen LogP contribution in [0.4, 0.5) is 11.4 Å². The lowest BCUT2D eigenvalue weighted by molar-refractivity contribution is -0.115. The molecule has 4 aromatic carbocycles. The highest BCUT2D eigenvalue weighted by atomic mass is 79.9. The monoisotopic (exact) mass is 599 g/mol. The maximum Gasteiger partial charge on any atom is 0.272 e. The van der Waals surface area contributed by atoms with Crippen molar-refractivity contribution in [3.05, 3.63) is 130 Å². The van der Waals surface area contributed by atoms with Crippen LogP contribution in [0.3, 0.4) is 0 Å². The van der Waals surface area contributed by atoms with Crippen molar-refractivity contribution < 1.29 is 14.4 Å². The first-order valence-electron chi connectivity index (χ1n) is 12.1. The van der Waals surface area contributed by atoms with E-state index in [4.69, 9.17) is 0 Å². The Bertz CT molecular complexity index is 1480. The number of anilines is 2. The average molecular weight is 601 g/mol. The van der Waals surface area contributed by atoms with Crippen molar-refractivity contribution in [2.24, 2.45) is 0 Å². The lowest BCUT2D eigenvalue weighted by Crippen LogP contribution is -2.30. The molecule has 8 heteroatoms. The summed E-state index contributed by atoms with van der Waals surface area (Å²) in [7, 11) is 0. The molecule has 0 aliphatic rings. The molecule has 0 aromatic heterocycles. The van der Waals surface area contributed by atoms with Gasteiger partial charge in [0.2, 0.25) is 5.91 Å². The van der Waals surface area contributed by atoms with E-state index >= 15 is 0 Å². The Morgan fingerprint density at radius 2 is 1.41 bits per heavy atom. The lowest BCUT2D eigenvalue weighted by atomic mass is 10.1. The van der Waals surface area contributed by atoms with Gasteiger partial charge in [-0.05, 0) is 79.2 Å². The van der Waals surface area contributed by atoms with Crippen LogP contribution in [0.1, 0.15) is 22.8 Å². The van der Waals surface area contributed by atoms with Crippen molar-refractivity contribution in [1.82, 2.24) is 5.32 Å². The summed E-state index contributed by atoms with van der Waals surface area (Å²) in [5.74, 6) is -0.947. The fourth-order valence-electron chi connectivity index (χ4n) is 3.54. The van der Waals surface area contributed by atoms with Crippen LogP contribution in [0.5, 0.6) is 0 Å². The predicted molar refractivity (Wildman–Crippen MR) is 161 cm³/mol. The van der Waals surface area contributed by atoms with Crippen LogP contribution in [0.25, 0.3) is 6.08 Å². The molecule has 3 N–H and O–H groups in total. The summed E-state index contributed by atoms with van der Waals surface area (Å²) in [6, 6.07) is 32.6. The van der Waals surface area contributed by atoms with Gasteiger partial charge >= 0.3 is 0 Å². The molecule has 0 saturated carbocycles. The molecule has 0 spiro atoms. The second-order valence-electron chi connectivity index (χ2n) is 8.53. The highest BCUT2D eigenvalue weighted by Gasteiger charge is 2.17. The Labute approximate surface area is 240 Å². The minimum absolute atomic E-state index is 0.0972. The SMILES string of the molecule is CC(Sc1ccc(NC(=O)/C(=C/c2cccc(Br)c2)NC(=O)c2ccccc2)cc1)C(=O)Nc1ccccc1. The van der Waals surface area contributed by atoms with Gasteiger partial charge in [0.15, 0.2) is 0 Å². The summed E-state index contributed by atoms with van der Waals surface area (Å²) in [6.07, 6.45) is 1.62. The van der Waals surface area contributed by atoms with Crippen LogP contribution in [0, 0.1) is 0 Å². The predicted octanol–water partition coefficient (Wildman–Crippen LogP) is 6.98. The molecule has 0 fully saturated rings. The number of amides is 3. The Kier molecular flexibility index (Phi) is 9.72. The molecule has 4 aromatic rings. The van der Waals surface area contributed by atoms with Gasteiger partial charge in [-0.15, -0.1) is 11.8 Å². The average Bonchev–Trinajstić information content (AvgIpc) is 2.94. The summed E-state index contributed by atoms with van der Waals surface area (Å²) < 4.78 is 0.852. The number of para-hydroxylation sites is 1. The van der Waals surface area contributed by atoms with E-state index in [1.54, 1.807) is 42.5 Å². The standard InChI is InChI=1S/C31H26BrN3O3S/c1-21(29(36)33-25-13-6-3-7-14-25)39-27-17-15-26(16-18-27)34-31(38)28(20-22-9-8-12-24(32)19-22)35-30(37)23-10-4-2-5-11-23/h2-21H,1H3,(H,33,36)(H,34,38)(H,35,37)/b28-20-. The summed E-state index contributed by atoms with van der Waals surface area (Å²) in [5, 5.41) is 8.17. The Hall–Kier alpha value is -4.14. The van der Waals surface area contributed by atoms with E-state index < -0.39 is 5.91 Å². The van der Waals surface area contributed by atoms with Gasteiger partial charge in [-0.1, -0.05) is 64.5 Å². The molecule has 0 aliphatic heterocycles. The Balaban J connectivity index is 1.43. The molecule has 3 amide bonds. The fourth-order valence-corrected chi connectivity index (χ4v) is 4.83. The Morgan fingerprint density at radius 1 is 0.769 bits per heavy atom. The fraction of sp³-hybridized carbons (Fsp3) is 0.0645. The molecule has 39 heavy (non-hydrogen) atoms. The van der Waals surface area contributed by atoms with E-state index in [-0.39, 0.29) is 22.8 Å². The van der Waals surface area contributed by atoms with Gasteiger partial charge in [0, 0.05) is 26.3 Å². The lowest BCUT2D eigenvalue weighted by Gasteiger charge is -2.13. The highest BCUT2D eigenvalue weighted by Crippen LogP contribution is 2.26. The number of thioether (sulfide) groups is 1. The first kappa shape index (κ1) is 27.9. The van der Waals surface area contributed by atoms with E-state index in [9.17, 15) is 14.4 Å². The number of halogens is 1.